The highest BCUT2D eigenvalue weighted by Gasteiger charge is 2.09. The molecule has 0 aliphatic heterocycles. The summed E-state index contributed by atoms with van der Waals surface area (Å²) in [6, 6.07) is 5.80. The normalized spacial score (nSPS) is 11.4. The minimum absolute atomic E-state index is 0.00691. The summed E-state index contributed by atoms with van der Waals surface area (Å²) in [7, 11) is -3.73. The number of aliphatic carboxylic acids is 1. The zero-order chi connectivity index (χ0) is 14.8. The molecule has 3 N–H and O–H groups in total. The molecular formula is C11H12N4O4S. The van der Waals surface area contributed by atoms with E-state index in [4.69, 9.17) is 10.2 Å². The van der Waals surface area contributed by atoms with Crippen LogP contribution in [0.1, 0.15) is 12.1 Å². The highest BCUT2D eigenvalue weighted by molar-refractivity contribution is 7.89. The Hall–Kier alpha value is -2.26. The van der Waals surface area contributed by atoms with E-state index in [0.29, 0.717) is 11.4 Å². The van der Waals surface area contributed by atoms with Gasteiger partial charge in [0.1, 0.15) is 0 Å². The summed E-state index contributed by atoms with van der Waals surface area (Å²) >= 11 is 0. The van der Waals surface area contributed by atoms with Crippen molar-refractivity contribution < 1.29 is 18.3 Å². The fourth-order valence-corrected chi connectivity index (χ4v) is 2.08. The van der Waals surface area contributed by atoms with Crippen LogP contribution in [-0.2, 0) is 21.2 Å². The Kier molecular flexibility index (Phi) is 3.81. The Morgan fingerprint density at radius 1 is 1.30 bits per heavy atom. The molecule has 2 rings (SSSR count). The van der Waals surface area contributed by atoms with E-state index in [2.05, 4.69) is 10.3 Å². The third kappa shape index (κ3) is 3.39. The molecule has 0 spiro atoms. The number of primary sulfonamides is 1. The smallest absolute Gasteiger partial charge is 0.303 e. The van der Waals surface area contributed by atoms with E-state index in [9.17, 15) is 13.2 Å². The van der Waals surface area contributed by atoms with E-state index in [1.165, 1.54) is 28.9 Å². The van der Waals surface area contributed by atoms with Gasteiger partial charge < -0.3 is 5.11 Å². The molecule has 0 amide bonds. The Morgan fingerprint density at radius 2 is 1.95 bits per heavy atom. The Morgan fingerprint density at radius 3 is 2.50 bits per heavy atom. The van der Waals surface area contributed by atoms with Crippen LogP contribution in [0.25, 0.3) is 5.69 Å². The Bertz CT molecular complexity index is 721. The van der Waals surface area contributed by atoms with Gasteiger partial charge in [-0.3, -0.25) is 4.79 Å². The van der Waals surface area contributed by atoms with Crippen LogP contribution in [0.5, 0.6) is 0 Å². The minimum atomic E-state index is -3.73. The van der Waals surface area contributed by atoms with Crippen LogP contribution >= 0.6 is 0 Å². The molecule has 1 heterocycles. The third-order valence-corrected chi connectivity index (χ3v) is 3.49. The van der Waals surface area contributed by atoms with Crippen LogP contribution in [0, 0.1) is 0 Å². The average molecular weight is 296 g/mol. The number of hydrogen-bond acceptors (Lipinski definition) is 5. The lowest BCUT2D eigenvalue weighted by Crippen LogP contribution is -2.12. The van der Waals surface area contributed by atoms with Crippen molar-refractivity contribution in [2.24, 2.45) is 5.14 Å². The molecule has 1 aromatic heterocycles. The summed E-state index contributed by atoms with van der Waals surface area (Å²) in [6.45, 7) is 0. The van der Waals surface area contributed by atoms with Gasteiger partial charge >= 0.3 is 5.97 Å². The summed E-state index contributed by atoms with van der Waals surface area (Å²) in [4.78, 5) is 10.5. The molecule has 0 fully saturated rings. The lowest BCUT2D eigenvalue weighted by atomic mass is 10.2. The second-order valence-electron chi connectivity index (χ2n) is 4.09. The number of nitrogens with zero attached hydrogens (tertiary/aromatic N) is 3. The zero-order valence-corrected chi connectivity index (χ0v) is 11.1. The quantitative estimate of drug-likeness (QED) is 0.795. The van der Waals surface area contributed by atoms with Crippen molar-refractivity contribution in [2.75, 3.05) is 0 Å². The van der Waals surface area contributed by atoms with Gasteiger partial charge in [-0.1, -0.05) is 5.21 Å². The highest BCUT2D eigenvalue weighted by atomic mass is 32.2. The van der Waals surface area contributed by atoms with E-state index in [1.54, 1.807) is 6.20 Å². The molecule has 0 aliphatic carbocycles. The number of rotatable bonds is 5. The highest BCUT2D eigenvalue weighted by Crippen LogP contribution is 2.12. The molecule has 0 radical (unpaired) electrons. The van der Waals surface area contributed by atoms with Crippen molar-refractivity contribution in [3.8, 4) is 5.69 Å². The van der Waals surface area contributed by atoms with Gasteiger partial charge in [-0.15, -0.1) is 5.10 Å². The second-order valence-corrected chi connectivity index (χ2v) is 5.65. The largest absolute Gasteiger partial charge is 0.481 e. The van der Waals surface area contributed by atoms with Gasteiger partial charge in [0.15, 0.2) is 0 Å². The van der Waals surface area contributed by atoms with E-state index in [1.807, 2.05) is 0 Å². The molecule has 0 atom stereocenters. The average Bonchev–Trinajstić information content (AvgIpc) is 2.84. The van der Waals surface area contributed by atoms with Crippen molar-refractivity contribution in [3.63, 3.8) is 0 Å². The van der Waals surface area contributed by atoms with E-state index in [0.717, 1.165) is 0 Å². The summed E-state index contributed by atoms with van der Waals surface area (Å²) in [6.07, 6.45) is 1.85. The van der Waals surface area contributed by atoms with Crippen LogP contribution in [0.2, 0.25) is 0 Å². The lowest BCUT2D eigenvalue weighted by molar-refractivity contribution is -0.136. The molecule has 0 bridgehead atoms. The first-order valence-corrected chi connectivity index (χ1v) is 7.17. The van der Waals surface area contributed by atoms with Crippen LogP contribution in [0.4, 0.5) is 0 Å². The molecule has 20 heavy (non-hydrogen) atoms. The molecule has 9 heteroatoms. The van der Waals surface area contributed by atoms with Crippen LogP contribution < -0.4 is 5.14 Å². The number of nitrogens with two attached hydrogens (primary N) is 1. The maximum absolute atomic E-state index is 11.1. The second kappa shape index (κ2) is 5.39. The first kappa shape index (κ1) is 14.2. The van der Waals surface area contributed by atoms with Crippen molar-refractivity contribution in [1.29, 1.82) is 0 Å². The molecular weight excluding hydrogens is 284 g/mol. The van der Waals surface area contributed by atoms with Gasteiger partial charge in [0.05, 0.1) is 28.9 Å². The molecule has 0 unspecified atom stereocenters. The number of sulfonamides is 1. The van der Waals surface area contributed by atoms with E-state index >= 15 is 0 Å². The van der Waals surface area contributed by atoms with Crippen LogP contribution in [-0.4, -0.2) is 34.5 Å². The lowest BCUT2D eigenvalue weighted by Gasteiger charge is -2.01. The van der Waals surface area contributed by atoms with Gasteiger partial charge in [0.25, 0.3) is 0 Å². The van der Waals surface area contributed by atoms with Crippen molar-refractivity contribution >= 4 is 16.0 Å². The maximum atomic E-state index is 11.1. The summed E-state index contributed by atoms with van der Waals surface area (Å²) in [5, 5.41) is 21.3. The summed E-state index contributed by atoms with van der Waals surface area (Å²) in [5.41, 5.74) is 1.15. The monoisotopic (exact) mass is 296 g/mol. The number of benzene rings is 1. The zero-order valence-electron chi connectivity index (χ0n) is 10.3. The first-order chi connectivity index (χ1) is 9.36. The van der Waals surface area contributed by atoms with Crippen LogP contribution in [0.15, 0.2) is 35.4 Å². The predicted molar refractivity (Wildman–Crippen MR) is 68.7 cm³/mol. The Balaban J connectivity index is 2.18. The summed E-state index contributed by atoms with van der Waals surface area (Å²) in [5.74, 6) is -0.906. The molecule has 1 aromatic carbocycles. The van der Waals surface area contributed by atoms with Crippen molar-refractivity contribution in [3.05, 3.63) is 36.2 Å². The fraction of sp³-hybridized carbons (Fsp3) is 0.182. The maximum Gasteiger partial charge on any atom is 0.303 e. The topological polar surface area (TPSA) is 128 Å². The van der Waals surface area contributed by atoms with Crippen molar-refractivity contribution in [2.45, 2.75) is 17.7 Å². The number of aromatic nitrogens is 3. The number of carbonyl (C=O) groups is 1. The molecule has 0 saturated carbocycles. The molecule has 0 aliphatic rings. The minimum Gasteiger partial charge on any atom is -0.481 e. The third-order valence-electron chi connectivity index (χ3n) is 2.57. The summed E-state index contributed by atoms with van der Waals surface area (Å²) < 4.78 is 23.7. The van der Waals surface area contributed by atoms with Crippen molar-refractivity contribution in [1.82, 2.24) is 15.0 Å². The number of hydrogen-bond donors (Lipinski definition) is 2. The number of aryl methyl sites for hydroxylation is 1. The number of carboxylic acids is 1. The molecule has 106 valence electrons. The fourth-order valence-electron chi connectivity index (χ4n) is 1.56. The van der Waals surface area contributed by atoms with E-state index in [-0.39, 0.29) is 17.7 Å². The first-order valence-electron chi connectivity index (χ1n) is 5.62. The molecule has 0 saturated heterocycles. The SMILES string of the molecule is NS(=O)(=O)c1ccc(-n2cc(CCC(=O)O)nn2)cc1. The molecule has 2 aromatic rings. The standard InChI is InChI=1S/C11H12N4O4S/c12-20(18,19)10-4-2-9(3-5-10)15-7-8(13-14-15)1-6-11(16)17/h2-5,7H,1,6H2,(H,16,17)(H2,12,18,19). The van der Waals surface area contributed by atoms with Crippen LogP contribution in [0.3, 0.4) is 0 Å². The van der Waals surface area contributed by atoms with E-state index < -0.39 is 16.0 Å². The Labute approximate surface area is 114 Å². The molecule has 8 nitrogen and oxygen atoms in total. The van der Waals surface area contributed by atoms with Gasteiger partial charge in [-0.2, -0.15) is 0 Å². The predicted octanol–water partition coefficient (Wildman–Crippen LogP) is -0.0681. The number of carboxylic acid groups (broad SMARTS) is 1. The van der Waals surface area contributed by atoms with Gasteiger partial charge in [0, 0.05) is 6.42 Å². The van der Waals surface area contributed by atoms with Gasteiger partial charge in [-0.25, -0.2) is 18.2 Å². The van der Waals surface area contributed by atoms with Gasteiger partial charge in [0.2, 0.25) is 10.0 Å². The van der Waals surface area contributed by atoms with Gasteiger partial charge in [-0.05, 0) is 24.3 Å².